The summed E-state index contributed by atoms with van der Waals surface area (Å²) in [5, 5.41) is 4.12. The summed E-state index contributed by atoms with van der Waals surface area (Å²) in [5.74, 6) is 0.707. The zero-order valence-electron chi connectivity index (χ0n) is 16.6. The summed E-state index contributed by atoms with van der Waals surface area (Å²) in [6.07, 6.45) is 8.23. The number of amides is 1. The second-order valence-electron chi connectivity index (χ2n) is 6.56. The van der Waals surface area contributed by atoms with E-state index in [1.165, 1.54) is 6.33 Å². The van der Waals surface area contributed by atoms with E-state index >= 15 is 0 Å². The molecule has 1 heterocycles. The molecular formula is C23H24N4O2. The Bertz CT molecular complexity index is 961. The molecule has 0 saturated heterocycles. The van der Waals surface area contributed by atoms with Crippen molar-refractivity contribution in [2.75, 3.05) is 13.7 Å². The maximum absolute atomic E-state index is 12.6. The Morgan fingerprint density at radius 2 is 1.93 bits per heavy atom. The van der Waals surface area contributed by atoms with Crippen LogP contribution in [-0.2, 0) is 4.79 Å². The van der Waals surface area contributed by atoms with Gasteiger partial charge in [-0.2, -0.15) is 5.10 Å². The Morgan fingerprint density at radius 1 is 1.21 bits per heavy atom. The molecule has 29 heavy (non-hydrogen) atoms. The molecule has 0 aliphatic heterocycles. The highest BCUT2D eigenvalue weighted by atomic mass is 16.5. The summed E-state index contributed by atoms with van der Waals surface area (Å²) in [6.45, 7) is 6.10. The van der Waals surface area contributed by atoms with Gasteiger partial charge in [-0.05, 0) is 48.4 Å². The normalized spacial score (nSPS) is 11.9. The predicted molar refractivity (Wildman–Crippen MR) is 114 cm³/mol. The number of likely N-dealkylation sites (N-methyl/N-ethyl adjacent to an activating group) is 1. The Morgan fingerprint density at radius 3 is 2.55 bits per heavy atom. The predicted octanol–water partition coefficient (Wildman–Crippen LogP) is 4.06. The van der Waals surface area contributed by atoms with Crippen molar-refractivity contribution >= 4 is 12.0 Å². The van der Waals surface area contributed by atoms with Crippen molar-refractivity contribution in [3.63, 3.8) is 0 Å². The van der Waals surface area contributed by atoms with Gasteiger partial charge in [-0.25, -0.2) is 9.67 Å². The SMILES string of the molecule is C=CCOc1ccc(/C=C/C(=O)N(C)[C@H](C)c2ccc(-n3cncn3)cc2)cc1. The van der Waals surface area contributed by atoms with Gasteiger partial charge in [-0.1, -0.05) is 36.9 Å². The largest absolute Gasteiger partial charge is 0.490 e. The van der Waals surface area contributed by atoms with Crippen molar-refractivity contribution in [3.8, 4) is 11.4 Å². The molecule has 0 radical (unpaired) electrons. The van der Waals surface area contributed by atoms with E-state index in [4.69, 9.17) is 4.74 Å². The van der Waals surface area contributed by atoms with Gasteiger partial charge in [0.1, 0.15) is 25.0 Å². The molecule has 0 spiro atoms. The fraction of sp³-hybridized carbons (Fsp3) is 0.174. The smallest absolute Gasteiger partial charge is 0.246 e. The third-order valence-electron chi connectivity index (χ3n) is 4.65. The zero-order chi connectivity index (χ0) is 20.6. The molecule has 1 aromatic heterocycles. The second kappa shape index (κ2) is 9.50. The van der Waals surface area contributed by atoms with Gasteiger partial charge < -0.3 is 9.64 Å². The van der Waals surface area contributed by atoms with Crippen LogP contribution in [0.25, 0.3) is 11.8 Å². The molecule has 6 heteroatoms. The lowest BCUT2D eigenvalue weighted by Gasteiger charge is -2.24. The fourth-order valence-electron chi connectivity index (χ4n) is 2.78. The fourth-order valence-corrected chi connectivity index (χ4v) is 2.78. The number of hydrogen-bond acceptors (Lipinski definition) is 4. The van der Waals surface area contributed by atoms with Crippen LogP contribution >= 0.6 is 0 Å². The first kappa shape index (κ1) is 20.1. The number of rotatable bonds is 8. The second-order valence-corrected chi connectivity index (χ2v) is 6.56. The zero-order valence-corrected chi connectivity index (χ0v) is 16.6. The van der Waals surface area contributed by atoms with Gasteiger partial charge in [-0.3, -0.25) is 4.79 Å². The van der Waals surface area contributed by atoms with E-state index in [0.717, 1.165) is 22.6 Å². The average Bonchev–Trinajstić information content (AvgIpc) is 3.31. The number of aromatic nitrogens is 3. The Balaban J connectivity index is 1.61. The van der Waals surface area contributed by atoms with Crippen LogP contribution in [0.4, 0.5) is 0 Å². The van der Waals surface area contributed by atoms with Gasteiger partial charge in [0, 0.05) is 13.1 Å². The quantitative estimate of drug-likeness (QED) is 0.431. The van der Waals surface area contributed by atoms with Crippen LogP contribution in [0.3, 0.4) is 0 Å². The summed E-state index contributed by atoms with van der Waals surface area (Å²) >= 11 is 0. The van der Waals surface area contributed by atoms with Crippen LogP contribution in [0.5, 0.6) is 5.75 Å². The van der Waals surface area contributed by atoms with E-state index < -0.39 is 0 Å². The number of ether oxygens (including phenoxy) is 1. The van der Waals surface area contributed by atoms with Gasteiger partial charge in [-0.15, -0.1) is 0 Å². The van der Waals surface area contributed by atoms with Crippen molar-refractivity contribution in [3.05, 3.63) is 91.0 Å². The summed E-state index contributed by atoms with van der Waals surface area (Å²) < 4.78 is 7.15. The lowest BCUT2D eigenvalue weighted by molar-refractivity contribution is -0.126. The minimum Gasteiger partial charge on any atom is -0.490 e. The van der Waals surface area contributed by atoms with Crippen molar-refractivity contribution in [1.82, 2.24) is 19.7 Å². The average molecular weight is 388 g/mol. The minimum absolute atomic E-state index is 0.0633. The molecule has 0 aliphatic rings. The van der Waals surface area contributed by atoms with Gasteiger partial charge in [0.05, 0.1) is 11.7 Å². The Hall–Kier alpha value is -3.67. The Labute approximate surface area is 170 Å². The molecule has 0 aliphatic carbocycles. The van der Waals surface area contributed by atoms with Gasteiger partial charge in [0.25, 0.3) is 0 Å². The van der Waals surface area contributed by atoms with Crippen LogP contribution in [0.1, 0.15) is 24.1 Å². The van der Waals surface area contributed by atoms with Crippen LogP contribution < -0.4 is 4.74 Å². The molecule has 0 fully saturated rings. The third kappa shape index (κ3) is 5.19. The molecule has 0 saturated carbocycles. The van der Waals surface area contributed by atoms with Crippen LogP contribution in [-0.4, -0.2) is 39.2 Å². The molecule has 1 amide bonds. The molecule has 0 unspecified atom stereocenters. The molecular weight excluding hydrogens is 364 g/mol. The molecule has 2 aromatic carbocycles. The third-order valence-corrected chi connectivity index (χ3v) is 4.65. The van der Waals surface area contributed by atoms with Gasteiger partial charge >= 0.3 is 0 Å². The highest BCUT2D eigenvalue weighted by Crippen LogP contribution is 2.21. The maximum Gasteiger partial charge on any atom is 0.246 e. The van der Waals surface area contributed by atoms with E-state index in [1.54, 1.807) is 41.2 Å². The number of carbonyl (C=O) groups is 1. The topological polar surface area (TPSA) is 60.2 Å². The molecule has 0 N–H and O–H groups in total. The Kier molecular flexibility index (Phi) is 6.58. The summed E-state index contributed by atoms with van der Waals surface area (Å²) in [7, 11) is 1.80. The standard InChI is InChI=1S/C23H24N4O2/c1-4-15-29-22-12-5-19(6-13-22)7-14-23(28)26(3)18(2)20-8-10-21(11-9-20)27-17-24-16-25-27/h4-14,16-18H,1,15H2,2-3H3/b14-7+/t18-/m1/s1. The molecule has 3 rings (SSSR count). The van der Waals surface area contributed by atoms with E-state index in [-0.39, 0.29) is 11.9 Å². The maximum atomic E-state index is 12.6. The number of carbonyl (C=O) groups excluding carboxylic acids is 1. The molecule has 1 atom stereocenters. The number of nitrogens with zero attached hydrogens (tertiary/aromatic N) is 4. The summed E-state index contributed by atoms with van der Waals surface area (Å²) in [4.78, 5) is 18.2. The van der Waals surface area contributed by atoms with E-state index in [1.807, 2.05) is 55.5 Å². The lowest BCUT2D eigenvalue weighted by atomic mass is 10.1. The first-order valence-corrected chi connectivity index (χ1v) is 9.32. The number of hydrogen-bond donors (Lipinski definition) is 0. The van der Waals surface area contributed by atoms with E-state index in [0.29, 0.717) is 6.61 Å². The van der Waals surface area contributed by atoms with Crippen molar-refractivity contribution in [2.24, 2.45) is 0 Å². The van der Waals surface area contributed by atoms with Crippen molar-refractivity contribution < 1.29 is 9.53 Å². The van der Waals surface area contributed by atoms with Crippen molar-refractivity contribution in [1.29, 1.82) is 0 Å². The van der Waals surface area contributed by atoms with Crippen molar-refractivity contribution in [2.45, 2.75) is 13.0 Å². The van der Waals surface area contributed by atoms with Crippen LogP contribution in [0.2, 0.25) is 0 Å². The highest BCUT2D eigenvalue weighted by molar-refractivity contribution is 5.91. The molecule has 0 bridgehead atoms. The first-order chi connectivity index (χ1) is 14.1. The van der Waals surface area contributed by atoms with E-state index in [2.05, 4.69) is 16.7 Å². The summed E-state index contributed by atoms with van der Waals surface area (Å²) in [5.41, 5.74) is 2.90. The molecule has 3 aromatic rings. The van der Waals surface area contributed by atoms with Crippen LogP contribution in [0.15, 0.2) is 79.9 Å². The molecule has 148 valence electrons. The highest BCUT2D eigenvalue weighted by Gasteiger charge is 2.15. The summed E-state index contributed by atoms with van der Waals surface area (Å²) in [6, 6.07) is 15.4. The first-order valence-electron chi connectivity index (χ1n) is 9.32. The van der Waals surface area contributed by atoms with Gasteiger partial charge in [0.15, 0.2) is 0 Å². The minimum atomic E-state index is -0.0650. The number of benzene rings is 2. The van der Waals surface area contributed by atoms with Gasteiger partial charge in [0.2, 0.25) is 5.91 Å². The lowest BCUT2D eigenvalue weighted by Crippen LogP contribution is -2.27. The monoisotopic (exact) mass is 388 g/mol. The molecule has 6 nitrogen and oxygen atoms in total. The van der Waals surface area contributed by atoms with Crippen LogP contribution in [0, 0.1) is 0 Å². The van der Waals surface area contributed by atoms with E-state index in [9.17, 15) is 4.79 Å².